The van der Waals surface area contributed by atoms with Crippen LogP contribution in [0.2, 0.25) is 0 Å². The highest BCUT2D eigenvalue weighted by atomic mass is 16.2. The van der Waals surface area contributed by atoms with E-state index in [4.69, 9.17) is 0 Å². The Hall–Kier alpha value is -0.770. The third kappa shape index (κ3) is 7.54. The van der Waals surface area contributed by atoms with Gasteiger partial charge < -0.3 is 15.5 Å². The lowest BCUT2D eigenvalue weighted by Gasteiger charge is -2.26. The molecule has 106 valence electrons. The van der Waals surface area contributed by atoms with Gasteiger partial charge in [-0.25, -0.2) is 4.79 Å². The zero-order valence-electron chi connectivity index (χ0n) is 11.8. The maximum absolute atomic E-state index is 11.3. The van der Waals surface area contributed by atoms with Gasteiger partial charge in [-0.05, 0) is 51.7 Å². The van der Waals surface area contributed by atoms with Crippen molar-refractivity contribution in [3.8, 4) is 0 Å². The fourth-order valence-corrected chi connectivity index (χ4v) is 2.32. The molecule has 0 saturated carbocycles. The number of nitrogens with one attached hydrogen (secondary N) is 2. The first-order valence-corrected chi connectivity index (χ1v) is 7.57. The van der Waals surface area contributed by atoms with Crippen LogP contribution in [-0.2, 0) is 0 Å². The number of unbranched alkanes of at least 4 members (excludes halogenated alkanes) is 2. The van der Waals surface area contributed by atoms with Crippen molar-refractivity contribution in [2.45, 2.75) is 51.9 Å². The fourth-order valence-electron chi connectivity index (χ4n) is 2.32. The summed E-state index contributed by atoms with van der Waals surface area (Å²) in [5.41, 5.74) is 0. The predicted molar refractivity (Wildman–Crippen MR) is 75.8 cm³/mol. The lowest BCUT2D eigenvalue weighted by atomic mass is 10.1. The van der Waals surface area contributed by atoms with Crippen molar-refractivity contribution in [1.29, 1.82) is 0 Å². The second-order valence-corrected chi connectivity index (χ2v) is 5.15. The number of amides is 2. The van der Waals surface area contributed by atoms with Gasteiger partial charge in [-0.2, -0.15) is 0 Å². The number of rotatable bonds is 8. The molecule has 1 aliphatic heterocycles. The van der Waals surface area contributed by atoms with Crippen LogP contribution < -0.4 is 10.6 Å². The fraction of sp³-hybridized carbons (Fsp3) is 0.929. The largest absolute Gasteiger partial charge is 0.338 e. The first kappa shape index (κ1) is 15.3. The van der Waals surface area contributed by atoms with Crippen LogP contribution in [0.1, 0.15) is 51.9 Å². The molecular formula is C14H29N3O. The molecule has 2 amide bonds. The second kappa shape index (κ2) is 10.2. The maximum atomic E-state index is 11.3. The number of hydrogen-bond acceptors (Lipinski definition) is 2. The van der Waals surface area contributed by atoms with E-state index in [2.05, 4.69) is 22.5 Å². The molecule has 18 heavy (non-hydrogen) atoms. The molecule has 4 nitrogen and oxygen atoms in total. The molecular weight excluding hydrogens is 226 g/mol. The molecule has 2 N–H and O–H groups in total. The Morgan fingerprint density at radius 1 is 1.00 bits per heavy atom. The van der Waals surface area contributed by atoms with E-state index < -0.39 is 0 Å². The molecule has 4 heteroatoms. The van der Waals surface area contributed by atoms with Crippen LogP contribution in [0.3, 0.4) is 0 Å². The van der Waals surface area contributed by atoms with Crippen LogP contribution in [0.15, 0.2) is 0 Å². The molecule has 0 spiro atoms. The van der Waals surface area contributed by atoms with Crippen LogP contribution in [-0.4, -0.2) is 43.7 Å². The van der Waals surface area contributed by atoms with Crippen molar-refractivity contribution < 1.29 is 4.79 Å². The van der Waals surface area contributed by atoms with Gasteiger partial charge >= 0.3 is 6.03 Å². The molecule has 0 atom stereocenters. The summed E-state index contributed by atoms with van der Waals surface area (Å²) in [6, 6.07) is -0.0205. The molecule has 0 bridgehead atoms. The van der Waals surface area contributed by atoms with Gasteiger partial charge in [0.15, 0.2) is 0 Å². The monoisotopic (exact) mass is 255 g/mol. The Bertz CT molecular complexity index is 215. The van der Waals surface area contributed by atoms with Crippen LogP contribution in [0.4, 0.5) is 4.79 Å². The minimum Gasteiger partial charge on any atom is -0.338 e. The molecule has 1 rings (SSSR count). The summed E-state index contributed by atoms with van der Waals surface area (Å²) < 4.78 is 0. The van der Waals surface area contributed by atoms with E-state index >= 15 is 0 Å². The first-order valence-electron chi connectivity index (χ1n) is 7.57. The molecule has 1 fully saturated rings. The number of hydrogen-bond donors (Lipinski definition) is 2. The molecule has 0 unspecified atom stereocenters. The summed E-state index contributed by atoms with van der Waals surface area (Å²) in [6.45, 7) is 7.44. The van der Waals surface area contributed by atoms with Gasteiger partial charge in [-0.15, -0.1) is 0 Å². The molecule has 0 aromatic carbocycles. The molecule has 0 aliphatic carbocycles. The van der Waals surface area contributed by atoms with E-state index in [-0.39, 0.29) is 6.03 Å². The SMILES string of the molecule is CCCNC(=O)NCCCCCN1CCCCC1. The molecule has 0 aromatic rings. The summed E-state index contributed by atoms with van der Waals surface area (Å²) in [4.78, 5) is 13.8. The molecule has 0 aromatic heterocycles. The van der Waals surface area contributed by atoms with Crippen LogP contribution in [0, 0.1) is 0 Å². The Morgan fingerprint density at radius 3 is 2.44 bits per heavy atom. The molecule has 1 aliphatic rings. The molecule has 1 heterocycles. The van der Waals surface area contributed by atoms with Crippen LogP contribution in [0.25, 0.3) is 0 Å². The number of carbonyl (C=O) groups is 1. The lowest BCUT2D eigenvalue weighted by Crippen LogP contribution is -2.36. The quantitative estimate of drug-likeness (QED) is 0.654. The van der Waals surface area contributed by atoms with Crippen LogP contribution in [0.5, 0.6) is 0 Å². The van der Waals surface area contributed by atoms with Gasteiger partial charge in [0, 0.05) is 13.1 Å². The van der Waals surface area contributed by atoms with E-state index in [0.717, 1.165) is 25.9 Å². The van der Waals surface area contributed by atoms with Gasteiger partial charge in [0.2, 0.25) is 0 Å². The molecule has 1 saturated heterocycles. The van der Waals surface area contributed by atoms with E-state index in [1.54, 1.807) is 0 Å². The smallest absolute Gasteiger partial charge is 0.314 e. The van der Waals surface area contributed by atoms with E-state index in [9.17, 15) is 4.79 Å². The number of piperidine rings is 1. The summed E-state index contributed by atoms with van der Waals surface area (Å²) in [5, 5.41) is 5.71. The average Bonchev–Trinajstić information content (AvgIpc) is 2.41. The van der Waals surface area contributed by atoms with Crippen molar-refractivity contribution in [3.63, 3.8) is 0 Å². The zero-order chi connectivity index (χ0) is 13.1. The second-order valence-electron chi connectivity index (χ2n) is 5.15. The Morgan fingerprint density at radius 2 is 1.72 bits per heavy atom. The summed E-state index contributed by atoms with van der Waals surface area (Å²) in [6.07, 6.45) is 8.71. The number of carbonyl (C=O) groups excluding carboxylic acids is 1. The number of urea groups is 1. The lowest BCUT2D eigenvalue weighted by molar-refractivity contribution is 0.224. The Labute approximate surface area is 111 Å². The standard InChI is InChI=1S/C14H29N3O/c1-2-9-15-14(18)16-10-5-3-6-11-17-12-7-4-8-13-17/h2-13H2,1H3,(H2,15,16,18). The van der Waals surface area contributed by atoms with Crippen molar-refractivity contribution in [1.82, 2.24) is 15.5 Å². The highest BCUT2D eigenvalue weighted by molar-refractivity contribution is 5.73. The van der Waals surface area contributed by atoms with Gasteiger partial charge in [-0.3, -0.25) is 0 Å². The van der Waals surface area contributed by atoms with Crippen molar-refractivity contribution in [2.24, 2.45) is 0 Å². The van der Waals surface area contributed by atoms with Crippen LogP contribution >= 0.6 is 0 Å². The summed E-state index contributed by atoms with van der Waals surface area (Å²) >= 11 is 0. The predicted octanol–water partition coefficient (Wildman–Crippen LogP) is 2.35. The van der Waals surface area contributed by atoms with Gasteiger partial charge in [0.1, 0.15) is 0 Å². The summed E-state index contributed by atoms with van der Waals surface area (Å²) in [7, 11) is 0. The zero-order valence-corrected chi connectivity index (χ0v) is 11.8. The topological polar surface area (TPSA) is 44.4 Å². The molecule has 0 radical (unpaired) electrons. The van der Waals surface area contributed by atoms with Gasteiger partial charge in [-0.1, -0.05) is 19.8 Å². The minimum atomic E-state index is -0.0205. The van der Waals surface area contributed by atoms with Gasteiger partial charge in [0.25, 0.3) is 0 Å². The number of nitrogens with zero attached hydrogens (tertiary/aromatic N) is 1. The third-order valence-electron chi connectivity index (χ3n) is 3.42. The highest BCUT2D eigenvalue weighted by Gasteiger charge is 2.08. The van der Waals surface area contributed by atoms with E-state index in [1.165, 1.54) is 51.7 Å². The first-order chi connectivity index (χ1) is 8.83. The van der Waals surface area contributed by atoms with E-state index in [0.29, 0.717) is 0 Å². The normalized spacial score (nSPS) is 16.5. The van der Waals surface area contributed by atoms with Crippen molar-refractivity contribution in [2.75, 3.05) is 32.7 Å². The van der Waals surface area contributed by atoms with Crippen molar-refractivity contribution >= 4 is 6.03 Å². The van der Waals surface area contributed by atoms with E-state index in [1.807, 2.05) is 0 Å². The van der Waals surface area contributed by atoms with Gasteiger partial charge in [0.05, 0.1) is 0 Å². The highest BCUT2D eigenvalue weighted by Crippen LogP contribution is 2.09. The Balaban J connectivity index is 1.84. The Kier molecular flexibility index (Phi) is 8.65. The van der Waals surface area contributed by atoms with Crippen molar-refractivity contribution in [3.05, 3.63) is 0 Å². The minimum absolute atomic E-state index is 0.0205. The third-order valence-corrected chi connectivity index (χ3v) is 3.42. The maximum Gasteiger partial charge on any atom is 0.314 e. The summed E-state index contributed by atoms with van der Waals surface area (Å²) in [5.74, 6) is 0. The number of likely N-dealkylation sites (tertiary alicyclic amines) is 1. The average molecular weight is 255 g/mol.